The molecule has 1 aliphatic heterocycles. The molecule has 0 amide bonds. The maximum absolute atomic E-state index is 5.48. The molecule has 1 N–H and O–H groups in total. The summed E-state index contributed by atoms with van der Waals surface area (Å²) in [6.07, 6.45) is 2.66. The Morgan fingerprint density at radius 3 is 2.78 bits per heavy atom. The standard InChI is InChI=1S/C16H25N5O2/c1-11(2)8-13(21-4-6-22-7-5-21)9-17-15-14-12(3)20-23-16(14)19-10-18-15/h10-11,13H,4-9H2,1-3H3,(H,17,18,19). The van der Waals surface area contributed by atoms with E-state index in [-0.39, 0.29) is 0 Å². The van der Waals surface area contributed by atoms with E-state index in [1.54, 1.807) is 0 Å². The van der Waals surface area contributed by atoms with Gasteiger partial charge in [0.05, 0.1) is 18.9 Å². The van der Waals surface area contributed by atoms with E-state index in [1.807, 2.05) is 6.92 Å². The van der Waals surface area contributed by atoms with E-state index in [0.29, 0.717) is 17.7 Å². The predicted molar refractivity (Wildman–Crippen MR) is 88.5 cm³/mol. The molecule has 0 radical (unpaired) electrons. The number of morpholine rings is 1. The summed E-state index contributed by atoms with van der Waals surface area (Å²) in [6, 6.07) is 0.462. The number of aromatic nitrogens is 3. The molecule has 1 fully saturated rings. The Kier molecular flexibility index (Phi) is 5.07. The molecule has 1 saturated heterocycles. The van der Waals surface area contributed by atoms with Gasteiger partial charge < -0.3 is 14.6 Å². The van der Waals surface area contributed by atoms with Gasteiger partial charge in [-0.1, -0.05) is 19.0 Å². The third-order valence-electron chi connectivity index (χ3n) is 4.25. The molecule has 7 nitrogen and oxygen atoms in total. The Labute approximate surface area is 136 Å². The lowest BCUT2D eigenvalue weighted by atomic mass is 10.0. The molecule has 2 aromatic heterocycles. The molecule has 2 aromatic rings. The fourth-order valence-electron chi connectivity index (χ4n) is 3.12. The topological polar surface area (TPSA) is 76.3 Å². The molecule has 3 rings (SSSR count). The fraction of sp³-hybridized carbons (Fsp3) is 0.688. The van der Waals surface area contributed by atoms with Crippen LogP contribution >= 0.6 is 0 Å². The Morgan fingerprint density at radius 2 is 2.04 bits per heavy atom. The minimum atomic E-state index is 0.462. The smallest absolute Gasteiger partial charge is 0.263 e. The number of nitrogens with zero attached hydrogens (tertiary/aromatic N) is 4. The molecule has 0 aliphatic carbocycles. The van der Waals surface area contributed by atoms with E-state index in [9.17, 15) is 0 Å². The van der Waals surface area contributed by atoms with E-state index >= 15 is 0 Å². The summed E-state index contributed by atoms with van der Waals surface area (Å²) in [5.74, 6) is 1.45. The number of fused-ring (bicyclic) bond motifs is 1. The highest BCUT2D eigenvalue weighted by atomic mass is 16.5. The van der Waals surface area contributed by atoms with Crippen LogP contribution in [0.2, 0.25) is 0 Å². The zero-order chi connectivity index (χ0) is 16.2. The van der Waals surface area contributed by atoms with Crippen LogP contribution in [0.15, 0.2) is 10.9 Å². The first-order chi connectivity index (χ1) is 11.1. The van der Waals surface area contributed by atoms with Crippen LogP contribution in [0.3, 0.4) is 0 Å². The molecule has 0 saturated carbocycles. The Balaban J connectivity index is 1.73. The largest absolute Gasteiger partial charge is 0.379 e. The molecular formula is C16H25N5O2. The highest BCUT2D eigenvalue weighted by Crippen LogP contribution is 2.23. The number of hydrogen-bond acceptors (Lipinski definition) is 7. The summed E-state index contributed by atoms with van der Waals surface area (Å²) in [6.45, 7) is 10.9. The van der Waals surface area contributed by atoms with Crippen LogP contribution in [0.4, 0.5) is 5.82 Å². The third kappa shape index (κ3) is 3.79. The molecule has 0 aromatic carbocycles. The van der Waals surface area contributed by atoms with Crippen molar-refractivity contribution >= 4 is 16.9 Å². The van der Waals surface area contributed by atoms with Crippen LogP contribution in [0, 0.1) is 12.8 Å². The van der Waals surface area contributed by atoms with Crippen LogP contribution in [0.25, 0.3) is 11.1 Å². The molecule has 1 atom stereocenters. The van der Waals surface area contributed by atoms with Crippen LogP contribution in [0.1, 0.15) is 26.0 Å². The molecule has 0 bridgehead atoms. The first-order valence-electron chi connectivity index (χ1n) is 8.27. The van der Waals surface area contributed by atoms with Gasteiger partial charge in [0.2, 0.25) is 0 Å². The average Bonchev–Trinajstić information content (AvgIpc) is 2.94. The highest BCUT2D eigenvalue weighted by molar-refractivity contribution is 5.87. The minimum Gasteiger partial charge on any atom is -0.379 e. The SMILES string of the molecule is Cc1noc2ncnc(NCC(CC(C)C)N3CCOCC3)c12. The van der Waals surface area contributed by atoms with Crippen molar-refractivity contribution in [1.82, 2.24) is 20.0 Å². The quantitative estimate of drug-likeness (QED) is 0.873. The van der Waals surface area contributed by atoms with Gasteiger partial charge in [-0.15, -0.1) is 0 Å². The summed E-state index contributed by atoms with van der Waals surface area (Å²) < 4.78 is 10.7. The lowest BCUT2D eigenvalue weighted by Crippen LogP contribution is -2.47. The number of nitrogens with one attached hydrogen (secondary N) is 1. The van der Waals surface area contributed by atoms with Crippen LogP contribution in [-0.2, 0) is 4.74 Å². The Morgan fingerprint density at radius 1 is 1.26 bits per heavy atom. The molecule has 3 heterocycles. The van der Waals surface area contributed by atoms with Crippen molar-refractivity contribution in [3.8, 4) is 0 Å². The molecule has 23 heavy (non-hydrogen) atoms. The molecule has 126 valence electrons. The first-order valence-corrected chi connectivity index (χ1v) is 8.27. The van der Waals surface area contributed by atoms with Gasteiger partial charge >= 0.3 is 0 Å². The summed E-state index contributed by atoms with van der Waals surface area (Å²) in [4.78, 5) is 11.0. The Bertz CT molecular complexity index is 636. The molecule has 0 spiro atoms. The number of aryl methyl sites for hydroxylation is 1. The van der Waals surface area contributed by atoms with E-state index in [1.165, 1.54) is 6.33 Å². The van der Waals surface area contributed by atoms with Crippen LogP contribution in [0.5, 0.6) is 0 Å². The van der Waals surface area contributed by atoms with Gasteiger partial charge in [-0.3, -0.25) is 4.90 Å². The zero-order valence-electron chi connectivity index (χ0n) is 14.1. The molecular weight excluding hydrogens is 294 g/mol. The molecule has 1 aliphatic rings. The first kappa shape index (κ1) is 16.1. The lowest BCUT2D eigenvalue weighted by molar-refractivity contribution is 0.0150. The third-order valence-corrected chi connectivity index (χ3v) is 4.25. The zero-order valence-corrected chi connectivity index (χ0v) is 14.1. The monoisotopic (exact) mass is 319 g/mol. The van der Waals surface area contributed by atoms with Gasteiger partial charge in [-0.2, -0.15) is 4.98 Å². The summed E-state index contributed by atoms with van der Waals surface area (Å²) in [5.41, 5.74) is 1.35. The highest BCUT2D eigenvalue weighted by Gasteiger charge is 2.22. The number of rotatable bonds is 6. The summed E-state index contributed by atoms with van der Waals surface area (Å²) in [7, 11) is 0. The van der Waals surface area contributed by atoms with Crippen molar-refractivity contribution in [3.05, 3.63) is 12.0 Å². The molecule has 7 heteroatoms. The van der Waals surface area contributed by atoms with Gasteiger partial charge in [0.15, 0.2) is 0 Å². The van der Waals surface area contributed by atoms with Crippen molar-refractivity contribution in [2.24, 2.45) is 5.92 Å². The van der Waals surface area contributed by atoms with E-state index < -0.39 is 0 Å². The van der Waals surface area contributed by atoms with Crippen molar-refractivity contribution in [1.29, 1.82) is 0 Å². The molecule has 1 unspecified atom stereocenters. The van der Waals surface area contributed by atoms with Crippen LogP contribution < -0.4 is 5.32 Å². The van der Waals surface area contributed by atoms with E-state index in [2.05, 4.69) is 39.2 Å². The van der Waals surface area contributed by atoms with Gasteiger partial charge in [0.1, 0.15) is 17.5 Å². The van der Waals surface area contributed by atoms with Gasteiger partial charge in [-0.25, -0.2) is 4.98 Å². The number of anilines is 1. The van der Waals surface area contributed by atoms with Gasteiger partial charge in [-0.05, 0) is 19.3 Å². The van der Waals surface area contributed by atoms with Crippen LogP contribution in [-0.4, -0.2) is 58.9 Å². The lowest BCUT2D eigenvalue weighted by Gasteiger charge is -2.35. The van der Waals surface area contributed by atoms with Gasteiger partial charge in [0, 0.05) is 25.7 Å². The second-order valence-corrected chi connectivity index (χ2v) is 6.48. The number of hydrogen-bond donors (Lipinski definition) is 1. The minimum absolute atomic E-state index is 0.462. The van der Waals surface area contributed by atoms with Crippen molar-refractivity contribution in [2.75, 3.05) is 38.2 Å². The maximum Gasteiger partial charge on any atom is 0.263 e. The van der Waals surface area contributed by atoms with Crippen molar-refractivity contribution in [3.63, 3.8) is 0 Å². The second kappa shape index (κ2) is 7.23. The average molecular weight is 319 g/mol. The van der Waals surface area contributed by atoms with Crippen molar-refractivity contribution < 1.29 is 9.26 Å². The maximum atomic E-state index is 5.48. The second-order valence-electron chi connectivity index (χ2n) is 6.48. The fourth-order valence-corrected chi connectivity index (χ4v) is 3.12. The van der Waals surface area contributed by atoms with Crippen molar-refractivity contribution in [2.45, 2.75) is 33.2 Å². The van der Waals surface area contributed by atoms with Gasteiger partial charge in [0.25, 0.3) is 5.71 Å². The Hall–Kier alpha value is -1.73. The predicted octanol–water partition coefficient (Wildman–Crippen LogP) is 2.09. The normalized spacial score (nSPS) is 17.7. The van der Waals surface area contributed by atoms with E-state index in [0.717, 1.165) is 56.2 Å². The summed E-state index contributed by atoms with van der Waals surface area (Å²) in [5, 5.41) is 8.33. The number of ether oxygens (including phenoxy) is 1. The summed E-state index contributed by atoms with van der Waals surface area (Å²) >= 11 is 0. The van der Waals surface area contributed by atoms with E-state index in [4.69, 9.17) is 9.26 Å².